The van der Waals surface area contributed by atoms with Gasteiger partial charge in [-0.15, -0.1) is 0 Å². The van der Waals surface area contributed by atoms with Crippen molar-refractivity contribution in [3.8, 4) is 0 Å². The van der Waals surface area contributed by atoms with E-state index in [9.17, 15) is 31.5 Å². The van der Waals surface area contributed by atoms with Crippen LogP contribution in [0.4, 0.5) is 33.3 Å². The Morgan fingerprint density at radius 3 is 1.96 bits per heavy atom. The van der Waals surface area contributed by atoms with E-state index in [0.717, 1.165) is 23.3 Å². The molecule has 1 amide bonds. The number of allylic oxidation sites excluding steroid dienone is 1. The number of rotatable bonds is 6. The highest BCUT2D eigenvalue weighted by Crippen LogP contribution is 2.48. The van der Waals surface area contributed by atoms with Gasteiger partial charge in [0.25, 0.3) is 0 Å². The number of carbonyl (C=O) groups is 2. The fraction of sp³-hybridized carbons (Fsp3) is 0.317. The molecule has 0 bridgehead atoms. The highest BCUT2D eigenvalue weighted by molar-refractivity contribution is 6.02. The van der Waals surface area contributed by atoms with Crippen molar-refractivity contribution in [2.24, 2.45) is 5.41 Å². The fourth-order valence-electron chi connectivity index (χ4n) is 7.81. The lowest BCUT2D eigenvalue weighted by atomic mass is 9.73. The number of hydrogen-bond donors (Lipinski definition) is 1. The second-order valence-corrected chi connectivity index (χ2v) is 14.5. The van der Waals surface area contributed by atoms with Crippen molar-refractivity contribution in [1.29, 1.82) is 0 Å². The number of hydrogen-bond acceptors (Lipinski definition) is 5. The maximum absolute atomic E-state index is 14.3. The summed E-state index contributed by atoms with van der Waals surface area (Å²) >= 11 is 0. The van der Waals surface area contributed by atoms with Gasteiger partial charge in [-0.25, -0.2) is 8.78 Å². The van der Waals surface area contributed by atoms with Crippen molar-refractivity contribution in [1.82, 2.24) is 9.80 Å². The first-order valence-corrected chi connectivity index (χ1v) is 17.4. The Morgan fingerprint density at radius 1 is 0.808 bits per heavy atom. The average Bonchev–Trinajstić information content (AvgIpc) is 3.24. The fourth-order valence-corrected chi connectivity index (χ4v) is 7.81. The molecule has 11 heteroatoms. The van der Waals surface area contributed by atoms with Gasteiger partial charge in [-0.3, -0.25) is 14.5 Å². The van der Waals surface area contributed by atoms with Gasteiger partial charge in [0.05, 0.1) is 35.6 Å². The van der Waals surface area contributed by atoms with Crippen LogP contribution in [0.5, 0.6) is 0 Å². The second kappa shape index (κ2) is 13.8. The van der Waals surface area contributed by atoms with Crippen molar-refractivity contribution in [3.05, 3.63) is 142 Å². The van der Waals surface area contributed by atoms with E-state index in [1.807, 2.05) is 43.0 Å². The lowest BCUT2D eigenvalue weighted by Crippen LogP contribution is -2.52. The van der Waals surface area contributed by atoms with Gasteiger partial charge in [-0.2, -0.15) is 13.2 Å². The minimum Gasteiger partial charge on any atom is -0.357 e. The predicted octanol–water partition coefficient (Wildman–Crippen LogP) is 8.53. The molecule has 7 rings (SSSR count). The molecule has 0 spiro atoms. The topological polar surface area (TPSA) is 55.9 Å². The average molecular weight is 715 g/mol. The first-order chi connectivity index (χ1) is 24.8. The summed E-state index contributed by atoms with van der Waals surface area (Å²) in [5.74, 6) is -1.04. The molecule has 0 saturated carbocycles. The van der Waals surface area contributed by atoms with Crippen LogP contribution in [0.25, 0.3) is 0 Å². The smallest absolute Gasteiger partial charge is 0.357 e. The van der Waals surface area contributed by atoms with Gasteiger partial charge >= 0.3 is 6.18 Å². The number of carbonyl (C=O) groups excluding carboxylic acids is 2. The number of Topliss-reactive ketones (excluding diaryl/α,β-unsaturated/α-hetero) is 1. The Labute approximate surface area is 299 Å². The van der Waals surface area contributed by atoms with Crippen molar-refractivity contribution < 1.29 is 31.5 Å². The number of piperazine rings is 1. The lowest BCUT2D eigenvalue weighted by Gasteiger charge is -2.41. The van der Waals surface area contributed by atoms with Crippen molar-refractivity contribution in [2.45, 2.75) is 44.9 Å². The SMILES string of the molecule is CC1(C)CC(=O)C2=C(C1)Nc1ccccc1N(CC(=O)N1CCN(C(c3ccc(F)cc3)c3ccc(F)cc3)CC1)C2c1ccc(C(F)(F)F)cc1. The third-order valence-electron chi connectivity index (χ3n) is 10.3. The van der Waals surface area contributed by atoms with E-state index in [2.05, 4.69) is 10.2 Å². The summed E-state index contributed by atoms with van der Waals surface area (Å²) in [5.41, 5.74) is 3.54. The molecule has 2 aliphatic heterocycles. The van der Waals surface area contributed by atoms with Crippen LogP contribution in [-0.2, 0) is 15.8 Å². The summed E-state index contributed by atoms with van der Waals surface area (Å²) in [5, 5.41) is 3.48. The van der Waals surface area contributed by atoms with Crippen molar-refractivity contribution in [2.75, 3.05) is 42.9 Å². The first kappa shape index (κ1) is 35.4. The van der Waals surface area contributed by atoms with Crippen molar-refractivity contribution >= 4 is 23.1 Å². The largest absolute Gasteiger partial charge is 0.416 e. The number of amides is 1. The van der Waals surface area contributed by atoms with Crippen LogP contribution in [0.3, 0.4) is 0 Å². The molecule has 1 atom stereocenters. The molecule has 1 fully saturated rings. The summed E-state index contributed by atoms with van der Waals surface area (Å²) in [6.07, 6.45) is -3.73. The zero-order valence-corrected chi connectivity index (χ0v) is 28.9. The number of fused-ring (bicyclic) bond motifs is 1. The van der Waals surface area contributed by atoms with Crippen molar-refractivity contribution in [3.63, 3.8) is 0 Å². The van der Waals surface area contributed by atoms with Crippen LogP contribution in [0.1, 0.15) is 61.0 Å². The predicted molar refractivity (Wildman–Crippen MR) is 189 cm³/mol. The Hall–Kier alpha value is -5.03. The Balaban J connectivity index is 1.20. The van der Waals surface area contributed by atoms with Gasteiger partial charge in [0.2, 0.25) is 5.91 Å². The summed E-state index contributed by atoms with van der Waals surface area (Å²) in [4.78, 5) is 34.1. The number of para-hydroxylation sites is 2. The molecule has 1 saturated heterocycles. The molecular weight excluding hydrogens is 675 g/mol. The summed E-state index contributed by atoms with van der Waals surface area (Å²) in [6, 6.07) is 23.6. The number of nitrogens with one attached hydrogen (secondary N) is 1. The Morgan fingerprint density at radius 2 is 1.38 bits per heavy atom. The standard InChI is InChI=1S/C41H39F5N4O2/c1-40(2)23-33-37(35(51)24-40)39(28-7-13-29(14-8-28)41(44,45)46)50(34-6-4-3-5-32(34)47-33)25-36(52)48-19-21-49(22-20-48)38(26-9-15-30(42)16-10-26)27-11-17-31(43)18-12-27/h3-18,38-39,47H,19-25H2,1-2H3. The van der Waals surface area contributed by atoms with E-state index < -0.39 is 17.8 Å². The summed E-state index contributed by atoms with van der Waals surface area (Å²) in [6.45, 7) is 5.60. The van der Waals surface area contributed by atoms with Gasteiger partial charge in [0, 0.05) is 43.9 Å². The van der Waals surface area contributed by atoms with E-state index in [-0.39, 0.29) is 47.7 Å². The van der Waals surface area contributed by atoms with Crippen LogP contribution in [0, 0.1) is 17.0 Å². The van der Waals surface area contributed by atoms with Crippen LogP contribution < -0.4 is 10.2 Å². The van der Waals surface area contributed by atoms with E-state index in [1.54, 1.807) is 29.2 Å². The number of anilines is 2. The third kappa shape index (κ3) is 7.19. The number of alkyl halides is 3. The van der Waals surface area contributed by atoms with E-state index in [0.29, 0.717) is 60.8 Å². The molecule has 3 aliphatic rings. The normalized spacial score (nSPS) is 19.2. The van der Waals surface area contributed by atoms with E-state index in [1.165, 1.54) is 36.4 Å². The Bertz CT molecular complexity index is 1940. The van der Waals surface area contributed by atoms with Gasteiger partial charge in [-0.1, -0.05) is 62.4 Å². The molecule has 2 heterocycles. The van der Waals surface area contributed by atoms with Crippen LogP contribution >= 0.6 is 0 Å². The molecule has 0 aromatic heterocycles. The Kier molecular flexibility index (Phi) is 9.41. The third-order valence-corrected chi connectivity index (χ3v) is 10.3. The first-order valence-electron chi connectivity index (χ1n) is 17.4. The summed E-state index contributed by atoms with van der Waals surface area (Å²) in [7, 11) is 0. The van der Waals surface area contributed by atoms with Gasteiger partial charge in [-0.05, 0) is 77.1 Å². The minimum absolute atomic E-state index is 0.116. The number of ketones is 1. The second-order valence-electron chi connectivity index (χ2n) is 14.5. The molecule has 4 aromatic rings. The monoisotopic (exact) mass is 714 g/mol. The number of halogens is 5. The number of benzene rings is 4. The minimum atomic E-state index is -4.53. The molecule has 4 aromatic carbocycles. The van der Waals surface area contributed by atoms with E-state index in [4.69, 9.17) is 0 Å². The molecular formula is C41H39F5N4O2. The lowest BCUT2D eigenvalue weighted by molar-refractivity contribution is -0.137. The van der Waals surface area contributed by atoms with Gasteiger partial charge in [0.15, 0.2) is 5.78 Å². The molecule has 0 radical (unpaired) electrons. The number of nitrogens with zero attached hydrogens (tertiary/aromatic N) is 3. The molecule has 270 valence electrons. The maximum Gasteiger partial charge on any atom is 0.416 e. The van der Waals surface area contributed by atoms with Crippen LogP contribution in [-0.4, -0.2) is 54.2 Å². The van der Waals surface area contributed by atoms with Crippen LogP contribution in [0.15, 0.2) is 108 Å². The van der Waals surface area contributed by atoms with Crippen LogP contribution in [0.2, 0.25) is 0 Å². The molecule has 52 heavy (non-hydrogen) atoms. The van der Waals surface area contributed by atoms with Gasteiger partial charge < -0.3 is 15.1 Å². The zero-order valence-electron chi connectivity index (χ0n) is 28.9. The van der Waals surface area contributed by atoms with Gasteiger partial charge in [0.1, 0.15) is 11.6 Å². The maximum atomic E-state index is 14.3. The quantitative estimate of drug-likeness (QED) is 0.203. The molecule has 1 N–H and O–H groups in total. The summed E-state index contributed by atoms with van der Waals surface area (Å²) < 4.78 is 68.6. The highest BCUT2D eigenvalue weighted by Gasteiger charge is 2.43. The molecule has 1 aliphatic carbocycles. The van der Waals surface area contributed by atoms with E-state index >= 15 is 0 Å². The zero-order chi connectivity index (χ0) is 36.8. The molecule has 1 unspecified atom stereocenters. The molecule has 6 nitrogen and oxygen atoms in total. The highest BCUT2D eigenvalue weighted by atomic mass is 19.4.